The Labute approximate surface area is 157 Å². The van der Waals surface area contributed by atoms with Crippen LogP contribution in [0, 0.1) is 6.92 Å². The summed E-state index contributed by atoms with van der Waals surface area (Å²) >= 11 is 11.8. The molecule has 0 radical (unpaired) electrons. The SMILES string of the molecule is Cc1ccc(N([C@H](C)C(=O)Nc2ccc(Cl)c(Cl)c2)S(C)(=O)=O)cc1. The van der Waals surface area contributed by atoms with Crippen LogP contribution in [0.15, 0.2) is 42.5 Å². The number of amides is 1. The highest BCUT2D eigenvalue weighted by atomic mass is 35.5. The monoisotopic (exact) mass is 400 g/mol. The van der Waals surface area contributed by atoms with Crippen LogP contribution in [0.25, 0.3) is 0 Å². The van der Waals surface area contributed by atoms with Crippen LogP contribution >= 0.6 is 23.2 Å². The summed E-state index contributed by atoms with van der Waals surface area (Å²) in [5.41, 5.74) is 1.85. The van der Waals surface area contributed by atoms with Crippen molar-refractivity contribution in [2.24, 2.45) is 0 Å². The second kappa shape index (κ2) is 7.64. The summed E-state index contributed by atoms with van der Waals surface area (Å²) in [7, 11) is -3.66. The molecule has 8 heteroatoms. The van der Waals surface area contributed by atoms with Crippen LogP contribution in [-0.4, -0.2) is 26.6 Å². The molecule has 1 amide bonds. The number of benzene rings is 2. The third-order valence-corrected chi connectivity index (χ3v) is 5.54. The summed E-state index contributed by atoms with van der Waals surface area (Å²) in [6.07, 6.45) is 1.07. The minimum absolute atomic E-state index is 0.297. The molecule has 0 fully saturated rings. The first-order chi connectivity index (χ1) is 11.6. The third kappa shape index (κ3) is 4.87. The number of anilines is 2. The van der Waals surface area contributed by atoms with E-state index in [-0.39, 0.29) is 0 Å². The molecule has 0 spiro atoms. The van der Waals surface area contributed by atoms with E-state index in [4.69, 9.17) is 23.2 Å². The van der Waals surface area contributed by atoms with Gasteiger partial charge in [-0.1, -0.05) is 40.9 Å². The van der Waals surface area contributed by atoms with E-state index in [2.05, 4.69) is 5.32 Å². The van der Waals surface area contributed by atoms with Gasteiger partial charge in [-0.25, -0.2) is 8.42 Å². The zero-order chi connectivity index (χ0) is 18.8. The van der Waals surface area contributed by atoms with Gasteiger partial charge in [-0.05, 0) is 44.2 Å². The van der Waals surface area contributed by atoms with Gasteiger partial charge in [0.05, 0.1) is 22.0 Å². The summed E-state index contributed by atoms with van der Waals surface area (Å²) < 4.78 is 25.5. The average Bonchev–Trinajstić information content (AvgIpc) is 2.51. The second-order valence-electron chi connectivity index (χ2n) is 5.69. The number of nitrogens with one attached hydrogen (secondary N) is 1. The zero-order valence-electron chi connectivity index (χ0n) is 14.0. The van der Waals surface area contributed by atoms with Gasteiger partial charge in [0.1, 0.15) is 6.04 Å². The summed E-state index contributed by atoms with van der Waals surface area (Å²) in [4.78, 5) is 12.5. The lowest BCUT2D eigenvalue weighted by molar-refractivity contribution is -0.116. The third-order valence-electron chi connectivity index (χ3n) is 3.56. The fraction of sp³-hybridized carbons (Fsp3) is 0.235. The molecule has 0 aliphatic carbocycles. The van der Waals surface area contributed by atoms with E-state index < -0.39 is 22.0 Å². The van der Waals surface area contributed by atoms with E-state index in [0.717, 1.165) is 16.1 Å². The maximum atomic E-state index is 12.5. The molecule has 0 heterocycles. The molecule has 0 aromatic heterocycles. The van der Waals surface area contributed by atoms with Gasteiger partial charge in [0.15, 0.2) is 0 Å². The van der Waals surface area contributed by atoms with Crippen molar-refractivity contribution in [2.75, 3.05) is 15.9 Å². The topological polar surface area (TPSA) is 66.5 Å². The highest BCUT2D eigenvalue weighted by molar-refractivity contribution is 7.92. The lowest BCUT2D eigenvalue weighted by Crippen LogP contribution is -2.45. The minimum atomic E-state index is -3.66. The van der Waals surface area contributed by atoms with Gasteiger partial charge in [-0.15, -0.1) is 0 Å². The molecule has 1 atom stereocenters. The Hall–Kier alpha value is -1.76. The Morgan fingerprint density at radius 2 is 1.68 bits per heavy atom. The number of hydrogen-bond acceptors (Lipinski definition) is 3. The first kappa shape index (κ1) is 19.6. The molecule has 2 aromatic rings. The van der Waals surface area contributed by atoms with Gasteiger partial charge in [0.25, 0.3) is 0 Å². The maximum Gasteiger partial charge on any atom is 0.247 e. The Balaban J connectivity index is 2.29. The molecule has 134 valence electrons. The standard InChI is InChI=1S/C17H18Cl2N2O3S/c1-11-4-7-14(8-5-11)21(25(3,23)24)12(2)17(22)20-13-6-9-15(18)16(19)10-13/h4-10,12H,1-3H3,(H,20,22)/t12-/m1/s1. The van der Waals surface area contributed by atoms with Gasteiger partial charge < -0.3 is 5.32 Å². The summed E-state index contributed by atoms with van der Waals surface area (Å²) in [6, 6.07) is 10.6. The lowest BCUT2D eigenvalue weighted by Gasteiger charge is -2.28. The Kier molecular flexibility index (Phi) is 5.98. The molecule has 0 saturated heterocycles. The first-order valence-electron chi connectivity index (χ1n) is 7.41. The van der Waals surface area contributed by atoms with Crippen molar-refractivity contribution < 1.29 is 13.2 Å². The van der Waals surface area contributed by atoms with Gasteiger partial charge in [-0.3, -0.25) is 9.10 Å². The Bertz CT molecular complexity index is 883. The summed E-state index contributed by atoms with van der Waals surface area (Å²) in [5, 5.41) is 3.32. The average molecular weight is 401 g/mol. The number of rotatable bonds is 5. The molecule has 25 heavy (non-hydrogen) atoms. The molecule has 0 unspecified atom stereocenters. The molecule has 5 nitrogen and oxygen atoms in total. The molecular formula is C17H18Cl2N2O3S. The number of nitrogens with zero attached hydrogens (tertiary/aromatic N) is 1. The fourth-order valence-electron chi connectivity index (χ4n) is 2.32. The fourth-order valence-corrected chi connectivity index (χ4v) is 3.79. The lowest BCUT2D eigenvalue weighted by atomic mass is 10.2. The van der Waals surface area contributed by atoms with Crippen molar-refractivity contribution in [3.05, 3.63) is 58.1 Å². The van der Waals surface area contributed by atoms with E-state index >= 15 is 0 Å². The van der Waals surface area contributed by atoms with Crippen molar-refractivity contribution in [3.63, 3.8) is 0 Å². The van der Waals surface area contributed by atoms with E-state index in [0.29, 0.717) is 21.4 Å². The molecule has 0 saturated carbocycles. The number of carbonyl (C=O) groups excluding carboxylic acids is 1. The molecule has 0 aliphatic heterocycles. The predicted octanol–water partition coefficient (Wildman–Crippen LogP) is 4.10. The number of carbonyl (C=O) groups is 1. The Morgan fingerprint density at radius 1 is 1.08 bits per heavy atom. The van der Waals surface area contributed by atoms with Crippen molar-refractivity contribution in [1.29, 1.82) is 0 Å². The molecule has 2 rings (SSSR count). The van der Waals surface area contributed by atoms with Crippen molar-refractivity contribution in [3.8, 4) is 0 Å². The molecule has 0 aliphatic rings. The zero-order valence-corrected chi connectivity index (χ0v) is 16.3. The Morgan fingerprint density at radius 3 is 2.20 bits per heavy atom. The van der Waals surface area contributed by atoms with Crippen LogP contribution in [0.2, 0.25) is 10.0 Å². The first-order valence-corrected chi connectivity index (χ1v) is 10.0. The van der Waals surface area contributed by atoms with Crippen LogP contribution in [0.3, 0.4) is 0 Å². The maximum absolute atomic E-state index is 12.5. The number of aryl methyl sites for hydroxylation is 1. The van der Waals surface area contributed by atoms with Crippen molar-refractivity contribution in [2.45, 2.75) is 19.9 Å². The van der Waals surface area contributed by atoms with Crippen LogP contribution in [0.5, 0.6) is 0 Å². The summed E-state index contributed by atoms with van der Waals surface area (Å²) in [5.74, 6) is -0.482. The van der Waals surface area contributed by atoms with Crippen molar-refractivity contribution >= 4 is 50.5 Å². The number of sulfonamides is 1. The molecule has 2 aromatic carbocycles. The number of halogens is 2. The van der Waals surface area contributed by atoms with E-state index in [9.17, 15) is 13.2 Å². The van der Waals surface area contributed by atoms with Gasteiger partial charge >= 0.3 is 0 Å². The van der Waals surface area contributed by atoms with Crippen LogP contribution in [0.1, 0.15) is 12.5 Å². The summed E-state index contributed by atoms with van der Waals surface area (Å²) in [6.45, 7) is 3.42. The van der Waals surface area contributed by atoms with E-state index in [1.807, 2.05) is 6.92 Å². The van der Waals surface area contributed by atoms with Gasteiger partial charge in [0, 0.05) is 5.69 Å². The second-order valence-corrected chi connectivity index (χ2v) is 8.36. The molecule has 1 N–H and O–H groups in total. The highest BCUT2D eigenvalue weighted by Crippen LogP contribution is 2.26. The highest BCUT2D eigenvalue weighted by Gasteiger charge is 2.29. The molecule has 0 bridgehead atoms. The predicted molar refractivity (Wildman–Crippen MR) is 103 cm³/mol. The van der Waals surface area contributed by atoms with Crippen LogP contribution in [0.4, 0.5) is 11.4 Å². The normalized spacial score (nSPS) is 12.5. The van der Waals surface area contributed by atoms with E-state index in [1.54, 1.807) is 36.4 Å². The molecular weight excluding hydrogens is 383 g/mol. The van der Waals surface area contributed by atoms with Crippen molar-refractivity contribution in [1.82, 2.24) is 0 Å². The van der Waals surface area contributed by atoms with E-state index in [1.165, 1.54) is 13.0 Å². The minimum Gasteiger partial charge on any atom is -0.324 e. The van der Waals surface area contributed by atoms with Crippen LogP contribution in [-0.2, 0) is 14.8 Å². The van der Waals surface area contributed by atoms with Gasteiger partial charge in [0.2, 0.25) is 15.9 Å². The largest absolute Gasteiger partial charge is 0.324 e. The smallest absolute Gasteiger partial charge is 0.247 e. The van der Waals surface area contributed by atoms with Gasteiger partial charge in [-0.2, -0.15) is 0 Å². The van der Waals surface area contributed by atoms with Crippen LogP contribution < -0.4 is 9.62 Å². The quantitative estimate of drug-likeness (QED) is 0.821. The number of hydrogen-bond donors (Lipinski definition) is 1.